The molecule has 0 saturated heterocycles. The molecule has 0 aliphatic carbocycles. The summed E-state index contributed by atoms with van der Waals surface area (Å²) in [6.07, 6.45) is 0.778. The van der Waals surface area contributed by atoms with Crippen molar-refractivity contribution in [3.05, 3.63) is 41.3 Å². The third-order valence-electron chi connectivity index (χ3n) is 2.72. The minimum Gasteiger partial charge on any atom is -0.436 e. The molecule has 10 heteroatoms. The number of carbonyl (C=O) groups excluding carboxylic acids is 1. The Morgan fingerprint density at radius 1 is 1.29 bits per heavy atom. The van der Waals surface area contributed by atoms with Gasteiger partial charge in [-0.05, 0) is 35.9 Å². The Kier molecular flexibility index (Phi) is 5.40. The monoisotopic (exact) mass is 376 g/mol. The predicted octanol–water partition coefficient (Wildman–Crippen LogP) is 4.30. The Morgan fingerprint density at radius 2 is 1.92 bits per heavy atom. The van der Waals surface area contributed by atoms with E-state index in [1.54, 1.807) is 38.4 Å². The highest BCUT2D eigenvalue weighted by atomic mass is 35.5. The third-order valence-corrected chi connectivity index (χ3v) is 3.16. The van der Waals surface area contributed by atoms with Gasteiger partial charge in [-0.3, -0.25) is 0 Å². The Labute approximate surface area is 146 Å². The molecule has 0 atom stereocenters. The minimum absolute atomic E-state index is 0.147. The van der Waals surface area contributed by atoms with E-state index < -0.39 is 11.1 Å². The molecule has 0 aliphatic heterocycles. The fourth-order valence-electron chi connectivity index (χ4n) is 1.51. The Balaban J connectivity index is 2.10. The summed E-state index contributed by atoms with van der Waals surface area (Å²) in [5, 5.41) is -1.37. The van der Waals surface area contributed by atoms with Crippen molar-refractivity contribution < 1.29 is 18.3 Å². The van der Waals surface area contributed by atoms with Crippen LogP contribution in [0.25, 0.3) is 0 Å². The molecule has 2 aromatic rings. The molecule has 1 heterocycles. The van der Waals surface area contributed by atoms with Crippen molar-refractivity contribution in [1.82, 2.24) is 14.9 Å². The lowest BCUT2D eigenvalue weighted by atomic mass is 10.3. The van der Waals surface area contributed by atoms with E-state index in [0.29, 0.717) is 11.4 Å². The highest BCUT2D eigenvalue weighted by Gasteiger charge is 2.31. The lowest BCUT2D eigenvalue weighted by Crippen LogP contribution is -2.27. The van der Waals surface area contributed by atoms with E-state index in [9.17, 15) is 13.6 Å². The number of halogens is 4. The van der Waals surface area contributed by atoms with Crippen LogP contribution in [0, 0.1) is 0 Å². The number of benzene rings is 1. The summed E-state index contributed by atoms with van der Waals surface area (Å²) in [7, 11) is 3.23. The second kappa shape index (κ2) is 7.14. The van der Waals surface area contributed by atoms with Gasteiger partial charge in [0.1, 0.15) is 11.4 Å². The van der Waals surface area contributed by atoms with E-state index in [1.165, 1.54) is 4.90 Å². The van der Waals surface area contributed by atoms with Crippen LogP contribution in [0.1, 0.15) is 5.69 Å². The number of anilines is 1. The standard InChI is InChI=1S/C14H12Cl2F2N4O2/c1-22(2)13(23)20-8-3-5-9(6-4-8)24-12-11(15)21-10(7-19-12)14(16,17)18/h3-7H,1-2H3,(H,20,23). The lowest BCUT2D eigenvalue weighted by molar-refractivity contribution is 0.0894. The van der Waals surface area contributed by atoms with Crippen LogP contribution in [0.3, 0.4) is 0 Å². The smallest absolute Gasteiger partial charge is 0.366 e. The Morgan fingerprint density at radius 3 is 2.42 bits per heavy atom. The van der Waals surface area contributed by atoms with Crippen molar-refractivity contribution >= 4 is 34.9 Å². The first-order valence-electron chi connectivity index (χ1n) is 6.53. The number of amides is 2. The van der Waals surface area contributed by atoms with Gasteiger partial charge in [-0.25, -0.2) is 14.8 Å². The summed E-state index contributed by atoms with van der Waals surface area (Å²) in [4.78, 5) is 20.0. The second-order valence-corrected chi connectivity index (χ2v) is 5.63. The van der Waals surface area contributed by atoms with Crippen LogP contribution < -0.4 is 10.1 Å². The number of urea groups is 1. The molecule has 0 fully saturated rings. The number of nitrogens with one attached hydrogen (secondary N) is 1. The van der Waals surface area contributed by atoms with Gasteiger partial charge in [0.15, 0.2) is 5.15 Å². The van der Waals surface area contributed by atoms with Crippen molar-refractivity contribution in [2.24, 2.45) is 0 Å². The topological polar surface area (TPSA) is 67.4 Å². The molecule has 0 spiro atoms. The van der Waals surface area contributed by atoms with Gasteiger partial charge in [-0.15, -0.1) is 0 Å². The minimum atomic E-state index is -3.67. The summed E-state index contributed by atoms with van der Waals surface area (Å²) >= 11 is 10.6. The molecule has 0 saturated carbocycles. The Bertz CT molecular complexity index is 737. The van der Waals surface area contributed by atoms with Crippen LogP contribution in [0.4, 0.5) is 19.3 Å². The molecule has 0 bridgehead atoms. The van der Waals surface area contributed by atoms with Gasteiger partial charge in [0, 0.05) is 19.8 Å². The molecule has 2 rings (SSSR count). The quantitative estimate of drug-likeness (QED) is 0.807. The largest absolute Gasteiger partial charge is 0.436 e. The van der Waals surface area contributed by atoms with E-state index >= 15 is 0 Å². The van der Waals surface area contributed by atoms with E-state index in [-0.39, 0.29) is 17.1 Å². The van der Waals surface area contributed by atoms with Crippen LogP contribution in [0.5, 0.6) is 11.6 Å². The van der Waals surface area contributed by atoms with Crippen LogP contribution >= 0.6 is 23.2 Å². The molecule has 0 aliphatic rings. The first-order valence-corrected chi connectivity index (χ1v) is 7.28. The number of ether oxygens (including phenoxy) is 1. The summed E-state index contributed by atoms with van der Waals surface area (Å²) < 4.78 is 31.2. The average Bonchev–Trinajstić information content (AvgIpc) is 2.50. The molecule has 128 valence electrons. The Hall–Kier alpha value is -2.19. The van der Waals surface area contributed by atoms with Gasteiger partial charge in [0.25, 0.3) is 5.88 Å². The first-order chi connectivity index (χ1) is 11.2. The number of hydrogen-bond acceptors (Lipinski definition) is 4. The summed E-state index contributed by atoms with van der Waals surface area (Å²) in [6, 6.07) is 6.01. The van der Waals surface area contributed by atoms with Crippen molar-refractivity contribution in [1.29, 1.82) is 0 Å². The van der Waals surface area contributed by atoms with Crippen LogP contribution in [-0.4, -0.2) is 35.0 Å². The lowest BCUT2D eigenvalue weighted by Gasteiger charge is -2.12. The van der Waals surface area contributed by atoms with E-state index in [0.717, 1.165) is 6.20 Å². The highest BCUT2D eigenvalue weighted by Crippen LogP contribution is 2.33. The maximum Gasteiger partial charge on any atom is 0.366 e. The van der Waals surface area contributed by atoms with Crippen LogP contribution in [0.2, 0.25) is 5.15 Å². The normalized spacial score (nSPS) is 11.1. The SMILES string of the molecule is CN(C)C(=O)Nc1ccc(Oc2ncc(C(F)(F)Cl)nc2Cl)cc1. The average molecular weight is 377 g/mol. The van der Waals surface area contributed by atoms with Gasteiger partial charge in [-0.1, -0.05) is 11.6 Å². The molecule has 1 aromatic carbocycles. The summed E-state index contributed by atoms with van der Waals surface area (Å²) in [5.74, 6) is 0.186. The van der Waals surface area contributed by atoms with Crippen LogP contribution in [-0.2, 0) is 5.38 Å². The van der Waals surface area contributed by atoms with Gasteiger partial charge >= 0.3 is 11.4 Å². The van der Waals surface area contributed by atoms with Gasteiger partial charge in [0.2, 0.25) is 0 Å². The number of rotatable bonds is 4. The molecule has 2 amide bonds. The van der Waals surface area contributed by atoms with Gasteiger partial charge in [-0.2, -0.15) is 8.78 Å². The summed E-state index contributed by atoms with van der Waals surface area (Å²) in [5.41, 5.74) is -0.223. The number of carbonyl (C=O) groups is 1. The van der Waals surface area contributed by atoms with E-state index in [4.69, 9.17) is 27.9 Å². The number of nitrogens with zero attached hydrogens (tertiary/aromatic N) is 3. The fraction of sp³-hybridized carbons (Fsp3) is 0.214. The number of hydrogen-bond donors (Lipinski definition) is 1. The second-order valence-electron chi connectivity index (χ2n) is 4.80. The van der Waals surface area contributed by atoms with Gasteiger partial charge in [0.05, 0.1) is 6.20 Å². The zero-order chi connectivity index (χ0) is 17.9. The summed E-state index contributed by atoms with van der Waals surface area (Å²) in [6.45, 7) is 0. The molecular weight excluding hydrogens is 365 g/mol. The van der Waals surface area contributed by atoms with Crippen molar-refractivity contribution in [2.75, 3.05) is 19.4 Å². The maximum absolute atomic E-state index is 12.9. The van der Waals surface area contributed by atoms with Gasteiger partial charge < -0.3 is 15.0 Å². The van der Waals surface area contributed by atoms with Crippen molar-refractivity contribution in [2.45, 2.75) is 5.38 Å². The number of alkyl halides is 3. The van der Waals surface area contributed by atoms with E-state index in [2.05, 4.69) is 15.3 Å². The molecule has 24 heavy (non-hydrogen) atoms. The zero-order valence-corrected chi connectivity index (χ0v) is 14.1. The van der Waals surface area contributed by atoms with E-state index in [1.807, 2.05) is 0 Å². The van der Waals surface area contributed by atoms with Crippen LogP contribution in [0.15, 0.2) is 30.5 Å². The first kappa shape index (κ1) is 18.2. The fourth-order valence-corrected chi connectivity index (χ4v) is 1.78. The van der Waals surface area contributed by atoms with Crippen molar-refractivity contribution in [3.8, 4) is 11.6 Å². The maximum atomic E-state index is 12.9. The highest BCUT2D eigenvalue weighted by molar-refractivity contribution is 6.30. The third kappa shape index (κ3) is 4.65. The molecule has 1 N–H and O–H groups in total. The predicted molar refractivity (Wildman–Crippen MR) is 86.0 cm³/mol. The molecular formula is C14H12Cl2F2N4O2. The molecule has 6 nitrogen and oxygen atoms in total. The number of aromatic nitrogens is 2. The van der Waals surface area contributed by atoms with Crippen molar-refractivity contribution in [3.63, 3.8) is 0 Å². The molecule has 0 radical (unpaired) electrons. The molecule has 1 aromatic heterocycles. The molecule has 0 unspecified atom stereocenters. The zero-order valence-electron chi connectivity index (χ0n) is 12.6.